The fourth-order valence-corrected chi connectivity index (χ4v) is 2.66. The first-order valence-electron chi connectivity index (χ1n) is 9.17. The molecule has 3 aromatic carbocycles. The fraction of sp³-hybridized carbons (Fsp3) is 0.174. The Morgan fingerprint density at radius 1 is 0.821 bits per heavy atom. The Kier molecular flexibility index (Phi) is 6.90. The Morgan fingerprint density at radius 3 is 2.18 bits per heavy atom. The molecule has 0 heterocycles. The quantitative estimate of drug-likeness (QED) is 0.602. The van der Waals surface area contributed by atoms with Gasteiger partial charge in [-0.25, -0.2) is 4.79 Å². The molecule has 0 spiro atoms. The van der Waals surface area contributed by atoms with Gasteiger partial charge in [0.2, 0.25) is 0 Å². The molecule has 0 fully saturated rings. The van der Waals surface area contributed by atoms with Crippen LogP contribution in [0.1, 0.15) is 11.1 Å². The molecule has 144 valence electrons. The zero-order valence-corrected chi connectivity index (χ0v) is 15.9. The number of ether oxygens (including phenoxy) is 2. The van der Waals surface area contributed by atoms with Gasteiger partial charge in [0.15, 0.2) is 0 Å². The molecule has 0 radical (unpaired) electrons. The van der Waals surface area contributed by atoms with Crippen LogP contribution in [0.25, 0.3) is 0 Å². The second-order valence-corrected chi connectivity index (χ2v) is 6.28. The van der Waals surface area contributed by atoms with E-state index in [-0.39, 0.29) is 6.03 Å². The Bertz CT molecular complexity index is 863. The molecule has 2 N–H and O–H groups in total. The number of rotatable bonds is 8. The summed E-state index contributed by atoms with van der Waals surface area (Å²) in [5.41, 5.74) is 2.97. The molecule has 2 amide bonds. The molecule has 5 heteroatoms. The van der Waals surface area contributed by atoms with Crippen molar-refractivity contribution >= 4 is 11.7 Å². The van der Waals surface area contributed by atoms with Gasteiger partial charge in [-0.15, -0.1) is 0 Å². The molecule has 0 aliphatic carbocycles. The summed E-state index contributed by atoms with van der Waals surface area (Å²) in [5, 5.41) is 5.68. The van der Waals surface area contributed by atoms with Crippen LogP contribution in [0.2, 0.25) is 0 Å². The molecule has 5 nitrogen and oxygen atoms in total. The number of amides is 2. The second-order valence-electron chi connectivity index (χ2n) is 6.28. The van der Waals surface area contributed by atoms with Crippen LogP contribution < -0.4 is 20.1 Å². The normalized spacial score (nSPS) is 10.2. The average molecular weight is 376 g/mol. The number of carbonyl (C=O) groups excluding carboxylic acids is 1. The van der Waals surface area contributed by atoms with Gasteiger partial charge in [-0.3, -0.25) is 0 Å². The Balaban J connectivity index is 1.39. The molecule has 0 unspecified atom stereocenters. The molecule has 28 heavy (non-hydrogen) atoms. The van der Waals surface area contributed by atoms with Gasteiger partial charge in [0, 0.05) is 12.2 Å². The Labute approximate surface area is 165 Å². The number of hydrogen-bond donors (Lipinski definition) is 2. The maximum atomic E-state index is 12.0. The summed E-state index contributed by atoms with van der Waals surface area (Å²) in [4.78, 5) is 12.0. The van der Waals surface area contributed by atoms with Crippen LogP contribution in [0.3, 0.4) is 0 Å². The number of methoxy groups -OCH3 is 1. The van der Waals surface area contributed by atoms with E-state index in [1.54, 1.807) is 7.11 Å². The molecular weight excluding hydrogens is 352 g/mol. The van der Waals surface area contributed by atoms with E-state index in [0.29, 0.717) is 18.8 Å². The summed E-state index contributed by atoms with van der Waals surface area (Å²) in [6.45, 7) is 1.07. The first-order valence-corrected chi connectivity index (χ1v) is 9.17. The van der Waals surface area contributed by atoms with Gasteiger partial charge in [0.05, 0.1) is 7.11 Å². The molecule has 0 aliphatic rings. The number of nitrogens with one attached hydrogen (secondary N) is 2. The average Bonchev–Trinajstić information content (AvgIpc) is 2.74. The standard InChI is InChI=1S/C23H24N2O3/c1-27-21-11-7-18(8-12-21)15-16-24-23(26)25-20-9-13-22(14-10-20)28-17-19-5-3-2-4-6-19/h2-14H,15-17H2,1H3,(H2,24,25,26). The van der Waals surface area contributed by atoms with E-state index in [4.69, 9.17) is 9.47 Å². The van der Waals surface area contributed by atoms with Crippen LogP contribution in [-0.4, -0.2) is 19.7 Å². The lowest BCUT2D eigenvalue weighted by Crippen LogP contribution is -2.30. The third-order valence-corrected chi connectivity index (χ3v) is 4.22. The largest absolute Gasteiger partial charge is 0.497 e. The zero-order valence-electron chi connectivity index (χ0n) is 15.9. The van der Waals surface area contributed by atoms with Crippen LogP contribution in [0.4, 0.5) is 10.5 Å². The highest BCUT2D eigenvalue weighted by Gasteiger charge is 2.03. The maximum absolute atomic E-state index is 12.0. The van der Waals surface area contributed by atoms with Crippen LogP contribution in [0.15, 0.2) is 78.9 Å². The van der Waals surface area contributed by atoms with E-state index in [1.165, 1.54) is 0 Å². The van der Waals surface area contributed by atoms with E-state index in [1.807, 2.05) is 78.9 Å². The maximum Gasteiger partial charge on any atom is 0.319 e. The van der Waals surface area contributed by atoms with Crippen LogP contribution in [0, 0.1) is 0 Å². The fourth-order valence-electron chi connectivity index (χ4n) is 2.66. The van der Waals surface area contributed by atoms with E-state index in [0.717, 1.165) is 29.0 Å². The van der Waals surface area contributed by atoms with Crippen LogP contribution in [0.5, 0.6) is 11.5 Å². The lowest BCUT2D eigenvalue weighted by molar-refractivity contribution is 0.252. The molecule has 0 aromatic heterocycles. The summed E-state index contributed by atoms with van der Waals surface area (Å²) in [7, 11) is 1.64. The van der Waals surface area contributed by atoms with Gasteiger partial charge in [0.25, 0.3) is 0 Å². The van der Waals surface area contributed by atoms with Crippen molar-refractivity contribution in [1.29, 1.82) is 0 Å². The summed E-state index contributed by atoms with van der Waals surface area (Å²) < 4.78 is 10.9. The molecule has 0 aliphatic heterocycles. The Morgan fingerprint density at radius 2 is 1.50 bits per heavy atom. The number of benzene rings is 3. The lowest BCUT2D eigenvalue weighted by atomic mass is 10.1. The molecule has 3 aromatic rings. The highest BCUT2D eigenvalue weighted by atomic mass is 16.5. The summed E-state index contributed by atoms with van der Waals surface area (Å²) in [5.74, 6) is 1.58. The van der Waals surface area contributed by atoms with Crippen molar-refractivity contribution in [2.75, 3.05) is 19.0 Å². The Hall–Kier alpha value is -3.47. The summed E-state index contributed by atoms with van der Waals surface area (Å²) in [6.07, 6.45) is 0.754. The number of carbonyl (C=O) groups is 1. The van der Waals surface area contributed by atoms with E-state index < -0.39 is 0 Å². The minimum Gasteiger partial charge on any atom is -0.497 e. The molecule has 3 rings (SSSR count). The topological polar surface area (TPSA) is 59.6 Å². The number of hydrogen-bond acceptors (Lipinski definition) is 3. The predicted molar refractivity (Wildman–Crippen MR) is 111 cm³/mol. The predicted octanol–water partition coefficient (Wildman–Crippen LogP) is 4.64. The SMILES string of the molecule is COc1ccc(CCNC(=O)Nc2ccc(OCc3ccccc3)cc2)cc1. The number of anilines is 1. The van der Waals surface area contributed by atoms with Gasteiger partial charge in [-0.05, 0) is 53.9 Å². The monoisotopic (exact) mass is 376 g/mol. The molecular formula is C23H24N2O3. The van der Waals surface area contributed by atoms with Crippen molar-refractivity contribution in [1.82, 2.24) is 5.32 Å². The first kappa shape index (κ1) is 19.3. The van der Waals surface area contributed by atoms with Crippen molar-refractivity contribution in [3.8, 4) is 11.5 Å². The van der Waals surface area contributed by atoms with Gasteiger partial charge >= 0.3 is 6.03 Å². The van der Waals surface area contributed by atoms with Crippen molar-refractivity contribution < 1.29 is 14.3 Å². The molecule has 0 bridgehead atoms. The lowest BCUT2D eigenvalue weighted by Gasteiger charge is -2.10. The minimum absolute atomic E-state index is 0.230. The summed E-state index contributed by atoms with van der Waals surface area (Å²) in [6, 6.07) is 24.9. The highest BCUT2D eigenvalue weighted by Crippen LogP contribution is 2.17. The van der Waals surface area contributed by atoms with Gasteiger partial charge in [-0.2, -0.15) is 0 Å². The molecule has 0 saturated heterocycles. The van der Waals surface area contributed by atoms with Crippen molar-refractivity contribution in [3.63, 3.8) is 0 Å². The smallest absolute Gasteiger partial charge is 0.319 e. The zero-order chi connectivity index (χ0) is 19.6. The van der Waals surface area contributed by atoms with Crippen molar-refractivity contribution in [2.45, 2.75) is 13.0 Å². The van der Waals surface area contributed by atoms with Gasteiger partial charge in [-0.1, -0.05) is 42.5 Å². The van der Waals surface area contributed by atoms with Gasteiger partial charge < -0.3 is 20.1 Å². The van der Waals surface area contributed by atoms with Crippen molar-refractivity contribution in [3.05, 3.63) is 90.0 Å². The summed E-state index contributed by atoms with van der Waals surface area (Å²) >= 11 is 0. The van der Waals surface area contributed by atoms with E-state index >= 15 is 0 Å². The second kappa shape index (κ2) is 10.0. The van der Waals surface area contributed by atoms with Crippen LogP contribution >= 0.6 is 0 Å². The third kappa shape index (κ3) is 6.06. The van der Waals surface area contributed by atoms with Crippen LogP contribution in [-0.2, 0) is 13.0 Å². The van der Waals surface area contributed by atoms with E-state index in [9.17, 15) is 4.79 Å². The van der Waals surface area contributed by atoms with Crippen molar-refractivity contribution in [2.24, 2.45) is 0 Å². The molecule has 0 atom stereocenters. The number of urea groups is 1. The highest BCUT2D eigenvalue weighted by molar-refractivity contribution is 5.89. The minimum atomic E-state index is -0.230. The first-order chi connectivity index (χ1) is 13.7. The molecule has 0 saturated carbocycles. The van der Waals surface area contributed by atoms with Gasteiger partial charge in [0.1, 0.15) is 18.1 Å². The van der Waals surface area contributed by atoms with E-state index in [2.05, 4.69) is 10.6 Å². The third-order valence-electron chi connectivity index (χ3n) is 4.22.